The van der Waals surface area contributed by atoms with E-state index in [2.05, 4.69) is 5.32 Å². The fourth-order valence-corrected chi connectivity index (χ4v) is 2.50. The molecule has 1 aromatic carbocycles. The summed E-state index contributed by atoms with van der Waals surface area (Å²) in [4.78, 5) is 14.2. The molecule has 1 aromatic rings. The van der Waals surface area contributed by atoms with E-state index in [1.165, 1.54) is 0 Å². The van der Waals surface area contributed by atoms with E-state index >= 15 is 0 Å². The third kappa shape index (κ3) is 3.49. The molecule has 1 aliphatic rings. The zero-order valence-electron chi connectivity index (χ0n) is 12.0. The Morgan fingerprint density at radius 3 is 2.75 bits per heavy atom. The van der Waals surface area contributed by atoms with Gasteiger partial charge in [0.1, 0.15) is 5.75 Å². The molecule has 0 bridgehead atoms. The minimum atomic E-state index is -0.114. The highest BCUT2D eigenvalue weighted by atomic mass is 16.5. The van der Waals surface area contributed by atoms with Gasteiger partial charge in [-0.15, -0.1) is 0 Å². The smallest absolute Gasteiger partial charge is 0.229 e. The number of phenols is 1. The number of rotatable bonds is 5. The Kier molecular flexibility index (Phi) is 4.98. The number of amides is 1. The van der Waals surface area contributed by atoms with Crippen molar-refractivity contribution in [2.75, 3.05) is 26.8 Å². The molecule has 0 radical (unpaired) electrons. The predicted octanol–water partition coefficient (Wildman–Crippen LogP) is 0.975. The Morgan fingerprint density at radius 2 is 2.10 bits per heavy atom. The molecule has 0 aliphatic carbocycles. The number of hydrogen-bond acceptors (Lipinski definition) is 4. The first kappa shape index (κ1) is 14.8. The molecule has 1 fully saturated rings. The standard InChI is InChI=1S/C15H22N2O3/c1-3-16-14-10-20-9-13(14)15(19)17(2)8-11-4-6-12(18)7-5-11/h4-7,13-14,16,18H,3,8-10H2,1-2H3. The first-order valence-corrected chi connectivity index (χ1v) is 6.95. The van der Waals surface area contributed by atoms with Crippen LogP contribution in [0.2, 0.25) is 0 Å². The molecule has 2 atom stereocenters. The second-order valence-corrected chi connectivity index (χ2v) is 5.17. The van der Waals surface area contributed by atoms with Crippen LogP contribution in [0, 0.1) is 5.92 Å². The number of hydrogen-bond donors (Lipinski definition) is 2. The van der Waals surface area contributed by atoms with E-state index in [1.807, 2.05) is 19.1 Å². The molecule has 20 heavy (non-hydrogen) atoms. The maximum atomic E-state index is 12.5. The zero-order chi connectivity index (χ0) is 14.5. The summed E-state index contributed by atoms with van der Waals surface area (Å²) in [5.41, 5.74) is 0.998. The second kappa shape index (κ2) is 6.72. The van der Waals surface area contributed by atoms with Crippen LogP contribution in [0.1, 0.15) is 12.5 Å². The van der Waals surface area contributed by atoms with Crippen molar-refractivity contribution < 1.29 is 14.6 Å². The van der Waals surface area contributed by atoms with Crippen molar-refractivity contribution in [3.05, 3.63) is 29.8 Å². The SMILES string of the molecule is CCNC1COCC1C(=O)N(C)Cc1ccc(O)cc1. The van der Waals surface area contributed by atoms with Gasteiger partial charge in [-0.25, -0.2) is 0 Å². The Bertz CT molecular complexity index is 447. The lowest BCUT2D eigenvalue weighted by Crippen LogP contribution is -2.44. The van der Waals surface area contributed by atoms with Crippen LogP contribution >= 0.6 is 0 Å². The van der Waals surface area contributed by atoms with Crippen molar-refractivity contribution in [2.24, 2.45) is 5.92 Å². The van der Waals surface area contributed by atoms with Gasteiger partial charge in [-0.1, -0.05) is 19.1 Å². The van der Waals surface area contributed by atoms with Crippen LogP contribution in [0.3, 0.4) is 0 Å². The lowest BCUT2D eigenvalue weighted by atomic mass is 10.0. The topological polar surface area (TPSA) is 61.8 Å². The summed E-state index contributed by atoms with van der Waals surface area (Å²) < 4.78 is 5.42. The van der Waals surface area contributed by atoms with Gasteiger partial charge in [0, 0.05) is 19.6 Å². The Hall–Kier alpha value is -1.59. The summed E-state index contributed by atoms with van der Waals surface area (Å²) in [5, 5.41) is 12.6. The molecule has 110 valence electrons. The maximum absolute atomic E-state index is 12.5. The second-order valence-electron chi connectivity index (χ2n) is 5.17. The number of ether oxygens (including phenoxy) is 1. The van der Waals surface area contributed by atoms with Crippen LogP contribution in [-0.4, -0.2) is 48.8 Å². The normalized spacial score (nSPS) is 21.9. The van der Waals surface area contributed by atoms with Crippen molar-refractivity contribution in [3.63, 3.8) is 0 Å². The lowest BCUT2D eigenvalue weighted by Gasteiger charge is -2.24. The number of carbonyl (C=O) groups is 1. The summed E-state index contributed by atoms with van der Waals surface area (Å²) in [7, 11) is 1.80. The molecule has 0 aromatic heterocycles. The predicted molar refractivity (Wildman–Crippen MR) is 76.4 cm³/mol. The Morgan fingerprint density at radius 1 is 1.40 bits per heavy atom. The summed E-state index contributed by atoms with van der Waals surface area (Å²) in [6.45, 7) is 4.47. The largest absolute Gasteiger partial charge is 0.508 e. The van der Waals surface area contributed by atoms with Crippen molar-refractivity contribution in [2.45, 2.75) is 19.5 Å². The quantitative estimate of drug-likeness (QED) is 0.842. The molecule has 2 rings (SSSR count). The third-order valence-electron chi connectivity index (χ3n) is 3.60. The van der Waals surface area contributed by atoms with Gasteiger partial charge in [0.2, 0.25) is 5.91 Å². The number of nitrogens with one attached hydrogen (secondary N) is 1. The van der Waals surface area contributed by atoms with Crippen LogP contribution in [-0.2, 0) is 16.1 Å². The third-order valence-corrected chi connectivity index (χ3v) is 3.60. The molecule has 1 amide bonds. The van der Waals surface area contributed by atoms with E-state index in [-0.39, 0.29) is 23.6 Å². The van der Waals surface area contributed by atoms with Gasteiger partial charge in [0.05, 0.1) is 19.1 Å². The monoisotopic (exact) mass is 278 g/mol. The molecule has 1 saturated heterocycles. The minimum Gasteiger partial charge on any atom is -0.508 e. The van der Waals surface area contributed by atoms with Crippen LogP contribution in [0.25, 0.3) is 0 Å². The Balaban J connectivity index is 1.96. The average molecular weight is 278 g/mol. The number of aromatic hydroxyl groups is 1. The van der Waals surface area contributed by atoms with Crippen molar-refractivity contribution in [1.82, 2.24) is 10.2 Å². The van der Waals surface area contributed by atoms with Gasteiger partial charge in [-0.3, -0.25) is 4.79 Å². The van der Waals surface area contributed by atoms with Gasteiger partial charge in [0.15, 0.2) is 0 Å². The van der Waals surface area contributed by atoms with E-state index in [0.29, 0.717) is 19.8 Å². The number of nitrogens with zero attached hydrogens (tertiary/aromatic N) is 1. The van der Waals surface area contributed by atoms with Crippen LogP contribution in [0.15, 0.2) is 24.3 Å². The number of benzene rings is 1. The molecule has 0 spiro atoms. The van der Waals surface area contributed by atoms with Crippen molar-refractivity contribution in [1.29, 1.82) is 0 Å². The summed E-state index contributed by atoms with van der Waals surface area (Å²) >= 11 is 0. The fourth-order valence-electron chi connectivity index (χ4n) is 2.50. The van der Waals surface area contributed by atoms with Gasteiger partial charge >= 0.3 is 0 Å². The molecule has 5 nitrogen and oxygen atoms in total. The highest BCUT2D eigenvalue weighted by Crippen LogP contribution is 2.18. The van der Waals surface area contributed by atoms with Gasteiger partial charge in [0.25, 0.3) is 0 Å². The van der Waals surface area contributed by atoms with E-state index in [4.69, 9.17) is 4.74 Å². The first-order chi connectivity index (χ1) is 9.61. The number of carbonyl (C=O) groups excluding carboxylic acids is 1. The van der Waals surface area contributed by atoms with Crippen molar-refractivity contribution >= 4 is 5.91 Å². The van der Waals surface area contributed by atoms with E-state index in [1.54, 1.807) is 24.1 Å². The molecule has 1 heterocycles. The fraction of sp³-hybridized carbons (Fsp3) is 0.533. The summed E-state index contributed by atoms with van der Waals surface area (Å²) in [5.74, 6) is 0.220. The summed E-state index contributed by atoms with van der Waals surface area (Å²) in [6.07, 6.45) is 0. The molecule has 2 unspecified atom stereocenters. The van der Waals surface area contributed by atoms with Crippen LogP contribution in [0.4, 0.5) is 0 Å². The summed E-state index contributed by atoms with van der Waals surface area (Å²) in [6, 6.07) is 7.02. The molecule has 2 N–H and O–H groups in total. The van der Waals surface area contributed by atoms with E-state index in [0.717, 1.165) is 12.1 Å². The lowest BCUT2D eigenvalue weighted by molar-refractivity contribution is -0.135. The molecule has 0 saturated carbocycles. The van der Waals surface area contributed by atoms with Gasteiger partial charge in [-0.2, -0.15) is 0 Å². The van der Waals surface area contributed by atoms with Crippen LogP contribution < -0.4 is 5.32 Å². The van der Waals surface area contributed by atoms with Gasteiger partial charge < -0.3 is 20.1 Å². The molecule has 5 heteroatoms. The molecular weight excluding hydrogens is 256 g/mol. The van der Waals surface area contributed by atoms with E-state index < -0.39 is 0 Å². The Labute approximate surface area is 119 Å². The van der Waals surface area contributed by atoms with Crippen LogP contribution in [0.5, 0.6) is 5.75 Å². The first-order valence-electron chi connectivity index (χ1n) is 6.95. The van der Waals surface area contributed by atoms with Gasteiger partial charge in [-0.05, 0) is 24.2 Å². The highest BCUT2D eigenvalue weighted by Gasteiger charge is 2.35. The number of phenolic OH excluding ortho intramolecular Hbond substituents is 1. The minimum absolute atomic E-state index is 0.0986. The van der Waals surface area contributed by atoms with Crippen molar-refractivity contribution in [3.8, 4) is 5.75 Å². The average Bonchev–Trinajstić information content (AvgIpc) is 2.89. The molecular formula is C15H22N2O3. The van der Waals surface area contributed by atoms with E-state index in [9.17, 15) is 9.90 Å². The number of likely N-dealkylation sites (N-methyl/N-ethyl adjacent to an activating group) is 1. The maximum Gasteiger partial charge on any atom is 0.229 e. The highest BCUT2D eigenvalue weighted by molar-refractivity contribution is 5.79. The molecule has 1 aliphatic heterocycles. The zero-order valence-corrected chi connectivity index (χ0v) is 12.0.